The molecule has 1 fully saturated rings. The third-order valence-electron chi connectivity index (χ3n) is 5.39. The van der Waals surface area contributed by atoms with Gasteiger partial charge in [0.25, 0.3) is 11.8 Å². The molecular weight excluding hydrogens is 610 g/mol. The van der Waals surface area contributed by atoms with Crippen molar-refractivity contribution in [2.45, 2.75) is 22.1 Å². The fourth-order valence-electron chi connectivity index (χ4n) is 3.67. The minimum Gasteiger partial charge on any atom is -0.477 e. The summed E-state index contributed by atoms with van der Waals surface area (Å²) >= 11 is 11.0. The summed E-state index contributed by atoms with van der Waals surface area (Å²) in [7, 11) is 0. The third kappa shape index (κ3) is 6.27. The van der Waals surface area contributed by atoms with Crippen LogP contribution in [0, 0.1) is 0 Å². The second-order valence-electron chi connectivity index (χ2n) is 7.77. The van der Waals surface area contributed by atoms with Gasteiger partial charge in [0.2, 0.25) is 6.41 Å². The van der Waals surface area contributed by atoms with Gasteiger partial charge in [0.05, 0.1) is 0 Å². The zero-order chi connectivity index (χ0) is 28.1. The van der Waals surface area contributed by atoms with Crippen molar-refractivity contribution >= 4 is 93.3 Å². The summed E-state index contributed by atoms with van der Waals surface area (Å²) in [4.78, 5) is 58.9. The first-order valence-corrected chi connectivity index (χ1v) is 15.2. The number of nitrogens with two attached hydrogens (primary N) is 1. The van der Waals surface area contributed by atoms with Crippen LogP contribution in [-0.4, -0.2) is 84.6 Å². The number of amides is 3. The van der Waals surface area contributed by atoms with Gasteiger partial charge in [0.15, 0.2) is 10.8 Å². The maximum atomic E-state index is 13.0. The number of β-lactam (4-membered cyclic amide) rings is 1. The molecular formula is C21H20ClN7O6S4. The molecule has 3 amide bonds. The van der Waals surface area contributed by atoms with E-state index in [1.807, 2.05) is 0 Å². The summed E-state index contributed by atoms with van der Waals surface area (Å²) in [6.45, 7) is 0.522. The highest BCUT2D eigenvalue weighted by Gasteiger charge is 2.54. The van der Waals surface area contributed by atoms with E-state index in [0.717, 1.165) is 26.7 Å². The van der Waals surface area contributed by atoms with Gasteiger partial charge < -0.3 is 26.7 Å². The molecule has 0 spiro atoms. The number of carboxylic acid groups (broad SMARTS) is 1. The van der Waals surface area contributed by atoms with Crippen molar-refractivity contribution in [3.8, 4) is 0 Å². The molecule has 0 bridgehead atoms. The van der Waals surface area contributed by atoms with Gasteiger partial charge >= 0.3 is 5.97 Å². The van der Waals surface area contributed by atoms with Crippen LogP contribution in [0.4, 0.5) is 5.13 Å². The van der Waals surface area contributed by atoms with Gasteiger partial charge in [0.1, 0.15) is 27.1 Å². The van der Waals surface area contributed by atoms with Gasteiger partial charge in [-0.15, -0.1) is 11.8 Å². The molecule has 2 aliphatic rings. The number of aromatic nitrogens is 2. The first kappa shape index (κ1) is 29.0. The number of aliphatic carboxylic acids is 1. The van der Waals surface area contributed by atoms with Crippen molar-refractivity contribution in [3.05, 3.63) is 44.7 Å². The average molecular weight is 630 g/mol. The minimum absolute atomic E-state index is 0.0355. The van der Waals surface area contributed by atoms with E-state index in [1.54, 1.807) is 30.2 Å². The number of anilines is 1. The molecule has 206 valence electrons. The Labute approximate surface area is 243 Å². The monoisotopic (exact) mass is 629 g/mol. The lowest BCUT2D eigenvalue weighted by Crippen LogP contribution is -2.71. The van der Waals surface area contributed by atoms with Crippen LogP contribution in [0.3, 0.4) is 0 Å². The SMILES string of the molecule is Nc1nc(/C(=N\O)C(=O)N[C@@H]2C(=O)N3C(C(=O)O)=C(Sc4ccncc4CSCCNC=O)CS[C@H]23)c(Cl)s1. The van der Waals surface area contributed by atoms with Crippen LogP contribution in [0.25, 0.3) is 0 Å². The molecule has 13 nitrogen and oxygen atoms in total. The van der Waals surface area contributed by atoms with Crippen molar-refractivity contribution in [2.75, 3.05) is 23.8 Å². The maximum absolute atomic E-state index is 13.0. The van der Waals surface area contributed by atoms with Crippen LogP contribution in [0.15, 0.2) is 39.1 Å². The van der Waals surface area contributed by atoms with Crippen molar-refractivity contribution in [2.24, 2.45) is 5.16 Å². The highest BCUT2D eigenvalue weighted by atomic mass is 35.5. The molecule has 0 radical (unpaired) electrons. The molecule has 39 heavy (non-hydrogen) atoms. The van der Waals surface area contributed by atoms with E-state index >= 15 is 0 Å². The topological polar surface area (TPSA) is 200 Å². The number of hydrogen-bond donors (Lipinski definition) is 5. The number of thiazole rings is 1. The molecule has 18 heteroatoms. The Bertz CT molecular complexity index is 1370. The first-order valence-electron chi connectivity index (χ1n) is 11.0. The van der Waals surface area contributed by atoms with E-state index < -0.39 is 34.9 Å². The Kier molecular flexibility index (Phi) is 9.60. The van der Waals surface area contributed by atoms with Crippen LogP contribution >= 0.6 is 58.2 Å². The molecule has 2 atom stereocenters. The molecule has 0 aliphatic carbocycles. The molecule has 2 aromatic heterocycles. The molecule has 4 heterocycles. The number of carboxylic acids is 1. The van der Waals surface area contributed by atoms with Gasteiger partial charge in [-0.05, 0) is 11.6 Å². The van der Waals surface area contributed by atoms with Gasteiger partial charge in [-0.1, -0.05) is 39.9 Å². The van der Waals surface area contributed by atoms with Gasteiger partial charge in [0, 0.05) is 46.0 Å². The molecule has 0 saturated carbocycles. The Hall–Kier alpha value is -2.99. The summed E-state index contributed by atoms with van der Waals surface area (Å²) in [6, 6.07) is 0.725. The van der Waals surface area contributed by atoms with Crippen LogP contribution < -0.4 is 16.4 Å². The Balaban J connectivity index is 1.48. The number of carbonyl (C=O) groups is 4. The second-order valence-corrected chi connectivity index (χ2v) is 12.8. The number of rotatable bonds is 12. The zero-order valence-corrected chi connectivity index (χ0v) is 23.7. The fourth-order valence-corrected chi connectivity index (χ4v) is 8.11. The lowest BCUT2D eigenvalue weighted by atomic mass is 10.0. The number of carbonyl (C=O) groups excluding carboxylic acids is 3. The third-order valence-corrected chi connectivity index (χ3v) is 10.1. The quantitative estimate of drug-likeness (QED) is 0.0565. The second kappa shape index (κ2) is 12.9. The van der Waals surface area contributed by atoms with Crippen LogP contribution in [-0.2, 0) is 24.9 Å². The minimum atomic E-state index is -1.27. The van der Waals surface area contributed by atoms with Crippen LogP contribution in [0.1, 0.15) is 11.3 Å². The predicted octanol–water partition coefficient (Wildman–Crippen LogP) is 1.42. The summed E-state index contributed by atoms with van der Waals surface area (Å²) < 4.78 is 0.0355. The molecule has 0 aromatic carbocycles. The van der Waals surface area contributed by atoms with Crippen molar-refractivity contribution in [3.63, 3.8) is 0 Å². The molecule has 4 rings (SSSR count). The number of halogens is 1. The van der Waals surface area contributed by atoms with Crippen molar-refractivity contribution in [1.29, 1.82) is 0 Å². The average Bonchev–Trinajstić information content (AvgIpc) is 3.25. The molecule has 2 aliphatic heterocycles. The number of fused-ring (bicyclic) bond motifs is 1. The number of thioether (sulfide) groups is 3. The first-order chi connectivity index (χ1) is 18.8. The summed E-state index contributed by atoms with van der Waals surface area (Å²) in [5.74, 6) is -1.23. The lowest BCUT2D eigenvalue weighted by Gasteiger charge is -2.49. The standard InChI is InChI=1S/C21H20ClN7O6S4/c22-16-12(27-21(23)39-16)13(28-35)17(31)26-14-18(32)29-15(20(33)34)11(7-37-19(14)29)38-10-1-2-24-5-9(10)6-36-4-3-25-8-30/h1-2,5,8,14,19,35H,3-4,6-7H2,(H2,23,27)(H,25,30)(H,26,31)(H,33,34)/b28-13+/t14-,19-/m1/s1. The van der Waals surface area contributed by atoms with E-state index in [0.29, 0.717) is 29.4 Å². The zero-order valence-electron chi connectivity index (χ0n) is 19.7. The largest absolute Gasteiger partial charge is 0.477 e. The Morgan fingerprint density at radius 3 is 2.87 bits per heavy atom. The van der Waals surface area contributed by atoms with Crippen LogP contribution in [0.5, 0.6) is 0 Å². The van der Waals surface area contributed by atoms with Crippen molar-refractivity contribution < 1.29 is 29.5 Å². The van der Waals surface area contributed by atoms with Gasteiger partial charge in [-0.25, -0.2) is 9.78 Å². The maximum Gasteiger partial charge on any atom is 0.353 e. The number of nitrogens with zero attached hydrogens (tertiary/aromatic N) is 4. The summed E-state index contributed by atoms with van der Waals surface area (Å²) in [5, 5.41) is 26.8. The predicted molar refractivity (Wildman–Crippen MR) is 150 cm³/mol. The van der Waals surface area contributed by atoms with Crippen LogP contribution in [0.2, 0.25) is 4.34 Å². The molecule has 0 unspecified atom stereocenters. The van der Waals surface area contributed by atoms with Gasteiger partial charge in [-0.2, -0.15) is 11.8 Å². The number of oxime groups is 1. The van der Waals surface area contributed by atoms with Crippen molar-refractivity contribution in [1.82, 2.24) is 25.5 Å². The van der Waals surface area contributed by atoms with E-state index in [4.69, 9.17) is 17.3 Å². The molecule has 1 saturated heterocycles. The Morgan fingerprint density at radius 1 is 1.41 bits per heavy atom. The molecule has 6 N–H and O–H groups in total. The highest BCUT2D eigenvalue weighted by Crippen LogP contribution is 2.46. The van der Waals surface area contributed by atoms with E-state index in [1.165, 1.54) is 23.5 Å². The van der Waals surface area contributed by atoms with Gasteiger partial charge in [-0.3, -0.25) is 24.3 Å². The van der Waals surface area contributed by atoms with E-state index in [2.05, 4.69) is 25.8 Å². The smallest absolute Gasteiger partial charge is 0.353 e. The lowest BCUT2D eigenvalue weighted by molar-refractivity contribution is -0.150. The number of hydrogen-bond acceptors (Lipinski definition) is 13. The molecule has 2 aromatic rings. The van der Waals surface area contributed by atoms with E-state index in [-0.39, 0.29) is 26.6 Å². The summed E-state index contributed by atoms with van der Waals surface area (Å²) in [5.41, 5.74) is 5.68. The normalized spacial score (nSPS) is 18.8. The number of pyridine rings is 1. The number of nitrogen functional groups attached to an aromatic ring is 1. The fraction of sp³-hybridized carbons (Fsp3) is 0.286. The number of nitrogens with one attached hydrogen (secondary N) is 2. The summed E-state index contributed by atoms with van der Waals surface area (Å²) in [6.07, 6.45) is 3.94. The van der Waals surface area contributed by atoms with E-state index in [9.17, 15) is 29.5 Å². The highest BCUT2D eigenvalue weighted by molar-refractivity contribution is 8.06. The Morgan fingerprint density at radius 2 is 2.21 bits per heavy atom.